The van der Waals surface area contributed by atoms with E-state index in [0.29, 0.717) is 0 Å². The van der Waals surface area contributed by atoms with Gasteiger partial charge in [0.1, 0.15) is 6.04 Å². The van der Waals surface area contributed by atoms with Gasteiger partial charge in [-0.05, 0) is 37.4 Å². The highest BCUT2D eigenvalue weighted by molar-refractivity contribution is 5.73. The van der Waals surface area contributed by atoms with Crippen molar-refractivity contribution in [1.29, 1.82) is 0 Å². The molecule has 2 heterocycles. The summed E-state index contributed by atoms with van der Waals surface area (Å²) in [5.41, 5.74) is 1.17. The standard InChI is InChI=1S/C13H18N2O2/c16-13(17)12-5-1-2-8-15(12)9-6-11-4-3-7-14-10-11/h3-4,7,10,12H,1-2,5-6,8-9H2,(H,16,17). The molecule has 92 valence electrons. The molecular weight excluding hydrogens is 216 g/mol. The predicted octanol–water partition coefficient (Wildman–Crippen LogP) is 1.56. The molecule has 4 heteroatoms. The second kappa shape index (κ2) is 5.77. The zero-order valence-electron chi connectivity index (χ0n) is 9.88. The molecule has 1 N–H and O–H groups in total. The first-order valence-corrected chi connectivity index (χ1v) is 6.13. The summed E-state index contributed by atoms with van der Waals surface area (Å²) in [6.07, 6.45) is 7.39. The molecule has 1 unspecified atom stereocenters. The molecule has 1 aromatic rings. The molecule has 1 aliphatic heterocycles. The van der Waals surface area contributed by atoms with Crippen molar-refractivity contribution in [2.45, 2.75) is 31.7 Å². The van der Waals surface area contributed by atoms with E-state index in [-0.39, 0.29) is 6.04 Å². The van der Waals surface area contributed by atoms with Crippen molar-refractivity contribution in [3.8, 4) is 0 Å². The largest absolute Gasteiger partial charge is 0.480 e. The van der Waals surface area contributed by atoms with Crippen molar-refractivity contribution in [3.05, 3.63) is 30.1 Å². The fourth-order valence-corrected chi connectivity index (χ4v) is 2.36. The fraction of sp³-hybridized carbons (Fsp3) is 0.538. The van der Waals surface area contributed by atoms with Crippen LogP contribution >= 0.6 is 0 Å². The highest BCUT2D eigenvalue weighted by Gasteiger charge is 2.27. The van der Waals surface area contributed by atoms with E-state index in [0.717, 1.165) is 38.8 Å². The van der Waals surface area contributed by atoms with Crippen molar-refractivity contribution in [1.82, 2.24) is 9.88 Å². The molecule has 1 saturated heterocycles. The van der Waals surface area contributed by atoms with Crippen LogP contribution in [0.2, 0.25) is 0 Å². The van der Waals surface area contributed by atoms with Crippen LogP contribution in [0.4, 0.5) is 0 Å². The Kier molecular flexibility index (Phi) is 4.09. The maximum Gasteiger partial charge on any atom is 0.320 e. The number of carbonyl (C=O) groups is 1. The van der Waals surface area contributed by atoms with Crippen molar-refractivity contribution in [3.63, 3.8) is 0 Å². The Balaban J connectivity index is 1.90. The number of carboxylic acids is 1. The van der Waals surface area contributed by atoms with Gasteiger partial charge in [0.05, 0.1) is 0 Å². The molecule has 1 aliphatic rings. The van der Waals surface area contributed by atoms with Crippen LogP contribution < -0.4 is 0 Å². The number of aliphatic carboxylic acids is 1. The minimum atomic E-state index is -0.684. The Morgan fingerprint density at radius 1 is 1.53 bits per heavy atom. The SMILES string of the molecule is O=C(O)C1CCCCN1CCc1cccnc1. The van der Waals surface area contributed by atoms with Crippen molar-refractivity contribution < 1.29 is 9.90 Å². The third-order valence-corrected chi connectivity index (χ3v) is 3.31. The van der Waals surface area contributed by atoms with Crippen molar-refractivity contribution >= 4 is 5.97 Å². The molecule has 1 fully saturated rings. The summed E-state index contributed by atoms with van der Waals surface area (Å²) >= 11 is 0. The van der Waals surface area contributed by atoms with Crippen LogP contribution in [0.15, 0.2) is 24.5 Å². The Bertz CT molecular complexity index is 367. The Hall–Kier alpha value is -1.42. The van der Waals surface area contributed by atoms with Gasteiger partial charge in [-0.2, -0.15) is 0 Å². The van der Waals surface area contributed by atoms with Crippen molar-refractivity contribution in [2.75, 3.05) is 13.1 Å². The van der Waals surface area contributed by atoms with E-state index in [1.807, 2.05) is 18.3 Å². The van der Waals surface area contributed by atoms with Crippen LogP contribution in [0.25, 0.3) is 0 Å². The predicted molar refractivity (Wildman–Crippen MR) is 64.8 cm³/mol. The number of likely N-dealkylation sites (tertiary alicyclic amines) is 1. The first-order chi connectivity index (χ1) is 8.27. The molecule has 4 nitrogen and oxygen atoms in total. The lowest BCUT2D eigenvalue weighted by Crippen LogP contribution is -2.45. The molecule has 1 aromatic heterocycles. The van der Waals surface area contributed by atoms with E-state index in [9.17, 15) is 4.79 Å². The summed E-state index contributed by atoms with van der Waals surface area (Å²) < 4.78 is 0. The third kappa shape index (κ3) is 3.27. The van der Waals surface area contributed by atoms with Gasteiger partial charge in [0.15, 0.2) is 0 Å². The quantitative estimate of drug-likeness (QED) is 0.859. The first kappa shape index (κ1) is 12.0. The summed E-state index contributed by atoms with van der Waals surface area (Å²) in [6.45, 7) is 1.71. The zero-order chi connectivity index (χ0) is 12.1. The maximum absolute atomic E-state index is 11.1. The molecule has 0 bridgehead atoms. The van der Waals surface area contributed by atoms with E-state index in [4.69, 9.17) is 5.11 Å². The molecule has 0 saturated carbocycles. The highest BCUT2D eigenvalue weighted by atomic mass is 16.4. The molecule has 2 rings (SSSR count). The molecule has 0 aliphatic carbocycles. The highest BCUT2D eigenvalue weighted by Crippen LogP contribution is 2.17. The summed E-state index contributed by atoms with van der Waals surface area (Å²) in [5, 5.41) is 9.15. The minimum absolute atomic E-state index is 0.291. The number of aromatic nitrogens is 1. The first-order valence-electron chi connectivity index (χ1n) is 6.13. The van der Waals surface area contributed by atoms with E-state index in [2.05, 4.69) is 9.88 Å². The number of hydrogen-bond donors (Lipinski definition) is 1. The van der Waals surface area contributed by atoms with Gasteiger partial charge in [0, 0.05) is 18.9 Å². The van der Waals surface area contributed by atoms with Crippen LogP contribution in [0, 0.1) is 0 Å². The Morgan fingerprint density at radius 3 is 3.12 bits per heavy atom. The molecule has 0 radical (unpaired) electrons. The maximum atomic E-state index is 11.1. The molecule has 0 amide bonds. The van der Waals surface area contributed by atoms with Crippen LogP contribution in [-0.4, -0.2) is 40.1 Å². The van der Waals surface area contributed by atoms with Gasteiger partial charge in [0.25, 0.3) is 0 Å². The van der Waals surface area contributed by atoms with Gasteiger partial charge in [-0.3, -0.25) is 14.7 Å². The van der Waals surface area contributed by atoms with Crippen LogP contribution in [0.3, 0.4) is 0 Å². The van der Waals surface area contributed by atoms with E-state index in [1.165, 1.54) is 5.56 Å². The lowest BCUT2D eigenvalue weighted by Gasteiger charge is -2.32. The van der Waals surface area contributed by atoms with Gasteiger partial charge in [-0.15, -0.1) is 0 Å². The van der Waals surface area contributed by atoms with Crippen LogP contribution in [0.5, 0.6) is 0 Å². The Labute approximate surface area is 101 Å². The number of pyridine rings is 1. The monoisotopic (exact) mass is 234 g/mol. The fourth-order valence-electron chi connectivity index (χ4n) is 2.36. The number of rotatable bonds is 4. The normalized spacial score (nSPS) is 21.3. The van der Waals surface area contributed by atoms with Crippen LogP contribution in [0.1, 0.15) is 24.8 Å². The van der Waals surface area contributed by atoms with Gasteiger partial charge < -0.3 is 5.11 Å². The van der Waals surface area contributed by atoms with Gasteiger partial charge in [-0.25, -0.2) is 0 Å². The summed E-state index contributed by atoms with van der Waals surface area (Å²) in [7, 11) is 0. The molecule has 0 spiro atoms. The average molecular weight is 234 g/mol. The smallest absolute Gasteiger partial charge is 0.320 e. The number of piperidine rings is 1. The minimum Gasteiger partial charge on any atom is -0.480 e. The van der Waals surface area contributed by atoms with Gasteiger partial charge >= 0.3 is 5.97 Å². The lowest BCUT2D eigenvalue weighted by atomic mass is 10.0. The molecular formula is C13H18N2O2. The summed E-state index contributed by atoms with van der Waals surface area (Å²) in [5.74, 6) is -0.684. The van der Waals surface area contributed by atoms with Crippen molar-refractivity contribution in [2.24, 2.45) is 0 Å². The zero-order valence-corrected chi connectivity index (χ0v) is 9.88. The Morgan fingerprint density at radius 2 is 2.41 bits per heavy atom. The van der Waals surface area contributed by atoms with Gasteiger partial charge in [0.2, 0.25) is 0 Å². The number of nitrogens with zero attached hydrogens (tertiary/aromatic N) is 2. The lowest BCUT2D eigenvalue weighted by molar-refractivity contribution is -0.144. The average Bonchev–Trinajstić information content (AvgIpc) is 2.38. The second-order valence-corrected chi connectivity index (χ2v) is 4.50. The van der Waals surface area contributed by atoms with Crippen LogP contribution in [-0.2, 0) is 11.2 Å². The molecule has 17 heavy (non-hydrogen) atoms. The topological polar surface area (TPSA) is 53.4 Å². The third-order valence-electron chi connectivity index (χ3n) is 3.31. The molecule has 1 atom stereocenters. The van der Waals surface area contributed by atoms with E-state index < -0.39 is 5.97 Å². The molecule has 0 aromatic carbocycles. The summed E-state index contributed by atoms with van der Waals surface area (Å²) in [6, 6.07) is 3.66. The summed E-state index contributed by atoms with van der Waals surface area (Å²) in [4.78, 5) is 17.3. The van der Waals surface area contributed by atoms with E-state index >= 15 is 0 Å². The number of carboxylic acid groups (broad SMARTS) is 1. The second-order valence-electron chi connectivity index (χ2n) is 4.50. The van der Waals surface area contributed by atoms with Gasteiger partial charge in [-0.1, -0.05) is 12.5 Å². The number of hydrogen-bond acceptors (Lipinski definition) is 3. The van der Waals surface area contributed by atoms with E-state index in [1.54, 1.807) is 6.20 Å².